The van der Waals surface area contributed by atoms with Gasteiger partial charge >= 0.3 is 0 Å². The van der Waals surface area contributed by atoms with Crippen molar-refractivity contribution in [2.75, 3.05) is 13.2 Å². The average molecular weight is 283 g/mol. The topological polar surface area (TPSA) is 35.2 Å². The van der Waals surface area contributed by atoms with Gasteiger partial charge < -0.3 is 10.5 Å². The van der Waals surface area contributed by atoms with E-state index in [1.807, 2.05) is 6.07 Å². The minimum absolute atomic E-state index is 0.361. The molecule has 0 aliphatic rings. The summed E-state index contributed by atoms with van der Waals surface area (Å²) in [6, 6.07) is 16.9. The van der Waals surface area contributed by atoms with Crippen molar-refractivity contribution in [2.45, 2.75) is 32.6 Å². The fourth-order valence-corrected chi connectivity index (χ4v) is 2.43. The third-order valence-electron chi connectivity index (χ3n) is 3.88. The number of hydrogen-bond donors (Lipinski definition) is 1. The molecule has 2 N–H and O–H groups in total. The molecule has 21 heavy (non-hydrogen) atoms. The van der Waals surface area contributed by atoms with E-state index in [4.69, 9.17) is 10.5 Å². The summed E-state index contributed by atoms with van der Waals surface area (Å²) < 4.78 is 5.87. The highest BCUT2D eigenvalue weighted by Crippen LogP contribution is 2.20. The van der Waals surface area contributed by atoms with Crippen LogP contribution in [-0.4, -0.2) is 13.2 Å². The lowest BCUT2D eigenvalue weighted by Crippen LogP contribution is -2.15. The van der Waals surface area contributed by atoms with Crippen LogP contribution in [0.25, 0.3) is 0 Å². The molecule has 0 heterocycles. The van der Waals surface area contributed by atoms with Crippen molar-refractivity contribution < 1.29 is 4.74 Å². The SMILES string of the molecule is CCc1cccc(OCCC(CN)c2ccc(C)cc2)c1. The Morgan fingerprint density at radius 1 is 1.10 bits per heavy atom. The molecule has 2 nitrogen and oxygen atoms in total. The zero-order chi connectivity index (χ0) is 15.1. The van der Waals surface area contributed by atoms with E-state index in [1.54, 1.807) is 0 Å². The molecule has 0 aliphatic carbocycles. The normalized spacial score (nSPS) is 12.1. The van der Waals surface area contributed by atoms with Gasteiger partial charge in [0.2, 0.25) is 0 Å². The van der Waals surface area contributed by atoms with Crippen LogP contribution < -0.4 is 10.5 Å². The van der Waals surface area contributed by atoms with Crippen LogP contribution in [0.3, 0.4) is 0 Å². The molecule has 0 aromatic heterocycles. The van der Waals surface area contributed by atoms with Crippen molar-refractivity contribution in [1.29, 1.82) is 0 Å². The summed E-state index contributed by atoms with van der Waals surface area (Å²) >= 11 is 0. The smallest absolute Gasteiger partial charge is 0.119 e. The summed E-state index contributed by atoms with van der Waals surface area (Å²) in [6.45, 7) is 5.61. The quantitative estimate of drug-likeness (QED) is 0.831. The van der Waals surface area contributed by atoms with E-state index in [2.05, 4.69) is 56.3 Å². The third kappa shape index (κ3) is 4.61. The van der Waals surface area contributed by atoms with Crippen LogP contribution in [0.4, 0.5) is 0 Å². The number of aryl methyl sites for hydroxylation is 2. The molecule has 112 valence electrons. The number of hydrogen-bond acceptors (Lipinski definition) is 2. The Balaban J connectivity index is 1.89. The summed E-state index contributed by atoms with van der Waals surface area (Å²) in [5, 5.41) is 0. The highest BCUT2D eigenvalue weighted by Gasteiger charge is 2.09. The molecule has 2 rings (SSSR count). The standard InChI is InChI=1S/C19H25NO/c1-3-16-5-4-6-19(13-16)21-12-11-18(14-20)17-9-7-15(2)8-10-17/h4-10,13,18H,3,11-12,14,20H2,1-2H3. The summed E-state index contributed by atoms with van der Waals surface area (Å²) in [5.41, 5.74) is 9.80. The number of benzene rings is 2. The molecule has 0 saturated heterocycles. The van der Waals surface area contributed by atoms with Gasteiger partial charge in [0.25, 0.3) is 0 Å². The zero-order valence-corrected chi connectivity index (χ0v) is 13.0. The lowest BCUT2D eigenvalue weighted by atomic mass is 9.95. The van der Waals surface area contributed by atoms with Gasteiger partial charge in [0.05, 0.1) is 6.61 Å². The van der Waals surface area contributed by atoms with Crippen molar-refractivity contribution in [1.82, 2.24) is 0 Å². The Morgan fingerprint density at radius 3 is 2.52 bits per heavy atom. The highest BCUT2D eigenvalue weighted by molar-refractivity contribution is 5.28. The van der Waals surface area contributed by atoms with Gasteiger partial charge in [-0.05, 0) is 55.5 Å². The molecule has 0 amide bonds. The molecule has 2 aromatic carbocycles. The van der Waals surface area contributed by atoms with Crippen molar-refractivity contribution in [3.8, 4) is 5.75 Å². The van der Waals surface area contributed by atoms with Crippen molar-refractivity contribution >= 4 is 0 Å². The average Bonchev–Trinajstić information content (AvgIpc) is 2.53. The predicted molar refractivity (Wildman–Crippen MR) is 88.9 cm³/mol. The second-order valence-corrected chi connectivity index (χ2v) is 5.48. The second kappa shape index (κ2) is 7.84. The second-order valence-electron chi connectivity index (χ2n) is 5.48. The molecular formula is C19H25NO. The van der Waals surface area contributed by atoms with Gasteiger partial charge in [-0.1, -0.05) is 48.9 Å². The summed E-state index contributed by atoms with van der Waals surface area (Å²) in [7, 11) is 0. The Morgan fingerprint density at radius 2 is 1.86 bits per heavy atom. The fourth-order valence-electron chi connectivity index (χ4n) is 2.43. The van der Waals surface area contributed by atoms with Crippen LogP contribution >= 0.6 is 0 Å². The number of nitrogens with two attached hydrogens (primary N) is 1. The molecule has 0 aliphatic heterocycles. The van der Waals surface area contributed by atoms with Crippen molar-refractivity contribution in [3.05, 3.63) is 65.2 Å². The Bertz CT molecular complexity index is 548. The van der Waals surface area contributed by atoms with E-state index in [0.717, 1.165) is 18.6 Å². The van der Waals surface area contributed by atoms with Crippen LogP contribution in [0.15, 0.2) is 48.5 Å². The maximum atomic E-state index is 5.91. The van der Waals surface area contributed by atoms with Gasteiger partial charge in [-0.2, -0.15) is 0 Å². The van der Waals surface area contributed by atoms with Gasteiger partial charge in [0.15, 0.2) is 0 Å². The molecule has 1 unspecified atom stereocenters. The molecule has 2 aromatic rings. The number of rotatable bonds is 7. The van der Waals surface area contributed by atoms with Crippen LogP contribution in [0.2, 0.25) is 0 Å². The monoisotopic (exact) mass is 283 g/mol. The van der Waals surface area contributed by atoms with Crippen LogP contribution in [0, 0.1) is 6.92 Å². The largest absolute Gasteiger partial charge is 0.494 e. The van der Waals surface area contributed by atoms with E-state index in [9.17, 15) is 0 Å². The van der Waals surface area contributed by atoms with E-state index in [0.29, 0.717) is 19.1 Å². The molecule has 0 fully saturated rings. The Kier molecular flexibility index (Phi) is 5.82. The van der Waals surface area contributed by atoms with E-state index < -0.39 is 0 Å². The molecule has 0 radical (unpaired) electrons. The zero-order valence-electron chi connectivity index (χ0n) is 13.0. The maximum Gasteiger partial charge on any atom is 0.119 e. The summed E-state index contributed by atoms with van der Waals surface area (Å²) in [4.78, 5) is 0. The maximum absolute atomic E-state index is 5.91. The minimum atomic E-state index is 0.361. The highest BCUT2D eigenvalue weighted by atomic mass is 16.5. The minimum Gasteiger partial charge on any atom is -0.494 e. The van der Waals surface area contributed by atoms with E-state index >= 15 is 0 Å². The molecule has 0 saturated carbocycles. The molecular weight excluding hydrogens is 258 g/mol. The Labute approximate surface area is 127 Å². The van der Waals surface area contributed by atoms with Crippen LogP contribution in [-0.2, 0) is 6.42 Å². The number of ether oxygens (including phenoxy) is 1. The first kappa shape index (κ1) is 15.6. The van der Waals surface area contributed by atoms with Gasteiger partial charge in [-0.25, -0.2) is 0 Å². The molecule has 2 heteroatoms. The molecule has 0 bridgehead atoms. The first-order valence-electron chi connectivity index (χ1n) is 7.71. The first-order valence-corrected chi connectivity index (χ1v) is 7.71. The van der Waals surface area contributed by atoms with Gasteiger partial charge in [0, 0.05) is 0 Å². The summed E-state index contributed by atoms with van der Waals surface area (Å²) in [5.74, 6) is 1.31. The summed E-state index contributed by atoms with van der Waals surface area (Å²) in [6.07, 6.45) is 1.97. The predicted octanol–water partition coefficient (Wildman–Crippen LogP) is 4.07. The lowest BCUT2D eigenvalue weighted by Gasteiger charge is -2.16. The Hall–Kier alpha value is -1.80. The third-order valence-corrected chi connectivity index (χ3v) is 3.88. The van der Waals surface area contributed by atoms with Gasteiger partial charge in [-0.15, -0.1) is 0 Å². The van der Waals surface area contributed by atoms with Gasteiger partial charge in [-0.3, -0.25) is 0 Å². The van der Waals surface area contributed by atoms with Crippen LogP contribution in [0.1, 0.15) is 36.0 Å². The van der Waals surface area contributed by atoms with Crippen LogP contribution in [0.5, 0.6) is 5.75 Å². The van der Waals surface area contributed by atoms with Crippen molar-refractivity contribution in [2.24, 2.45) is 5.73 Å². The molecule has 1 atom stereocenters. The van der Waals surface area contributed by atoms with Gasteiger partial charge in [0.1, 0.15) is 5.75 Å². The van der Waals surface area contributed by atoms with E-state index in [-0.39, 0.29) is 0 Å². The van der Waals surface area contributed by atoms with Crippen molar-refractivity contribution in [3.63, 3.8) is 0 Å². The fraction of sp³-hybridized carbons (Fsp3) is 0.368. The lowest BCUT2D eigenvalue weighted by molar-refractivity contribution is 0.298. The van der Waals surface area contributed by atoms with E-state index in [1.165, 1.54) is 16.7 Å². The molecule has 0 spiro atoms. The first-order chi connectivity index (χ1) is 10.2.